The molecule has 0 aliphatic heterocycles. The molecule has 3 nitrogen and oxygen atoms in total. The predicted octanol–water partition coefficient (Wildman–Crippen LogP) is 2.72. The second kappa shape index (κ2) is 3.92. The summed E-state index contributed by atoms with van der Waals surface area (Å²) in [6.07, 6.45) is 3.57. The van der Waals surface area contributed by atoms with Crippen molar-refractivity contribution in [2.75, 3.05) is 0 Å². The van der Waals surface area contributed by atoms with Crippen LogP contribution in [0.3, 0.4) is 0 Å². The second-order valence-electron chi connectivity index (χ2n) is 4.34. The first kappa shape index (κ1) is 11.2. The van der Waals surface area contributed by atoms with Gasteiger partial charge in [-0.15, -0.1) is 0 Å². The van der Waals surface area contributed by atoms with E-state index in [0.717, 1.165) is 11.3 Å². The van der Waals surface area contributed by atoms with Gasteiger partial charge in [-0.05, 0) is 37.6 Å². The third kappa shape index (κ3) is 2.10. The summed E-state index contributed by atoms with van der Waals surface area (Å²) in [5.74, 6) is 0. The van der Waals surface area contributed by atoms with Crippen molar-refractivity contribution >= 4 is 11.6 Å². The fourth-order valence-electron chi connectivity index (χ4n) is 1.50. The third-order valence-electron chi connectivity index (χ3n) is 2.44. The van der Waals surface area contributed by atoms with E-state index in [1.807, 2.05) is 44.3 Å². The molecule has 2 rings (SSSR count). The van der Waals surface area contributed by atoms with Crippen molar-refractivity contribution < 1.29 is 0 Å². The highest BCUT2D eigenvalue weighted by Gasteiger charge is 2.15. The quantitative estimate of drug-likeness (QED) is 0.870. The van der Waals surface area contributed by atoms with Gasteiger partial charge in [0, 0.05) is 17.9 Å². The highest BCUT2D eigenvalue weighted by Crippen LogP contribution is 2.25. The number of rotatable bonds is 2. The lowest BCUT2D eigenvalue weighted by atomic mass is 9.95. The summed E-state index contributed by atoms with van der Waals surface area (Å²) in [6.45, 7) is 3.90. The minimum absolute atomic E-state index is 0.383. The first-order valence-electron chi connectivity index (χ1n) is 5.07. The lowest BCUT2D eigenvalue weighted by Gasteiger charge is -2.20. The Bertz CT molecular complexity index is 483. The molecule has 0 atom stereocenters. The van der Waals surface area contributed by atoms with Crippen LogP contribution in [0.5, 0.6) is 0 Å². The summed E-state index contributed by atoms with van der Waals surface area (Å²) < 4.78 is 1.73. The van der Waals surface area contributed by atoms with Crippen molar-refractivity contribution in [3.8, 4) is 5.69 Å². The fraction of sp³-hybridized carbons (Fsp3) is 0.250. The minimum atomic E-state index is -0.383. The molecule has 0 bridgehead atoms. The third-order valence-corrected chi connectivity index (χ3v) is 2.75. The van der Waals surface area contributed by atoms with Gasteiger partial charge in [-0.1, -0.05) is 17.7 Å². The zero-order valence-corrected chi connectivity index (χ0v) is 10.1. The monoisotopic (exact) mass is 235 g/mol. The van der Waals surface area contributed by atoms with Crippen molar-refractivity contribution in [1.82, 2.24) is 9.78 Å². The van der Waals surface area contributed by atoms with Gasteiger partial charge >= 0.3 is 0 Å². The molecule has 1 aromatic carbocycles. The Balaban J connectivity index is 2.46. The highest BCUT2D eigenvalue weighted by molar-refractivity contribution is 6.32. The Morgan fingerprint density at radius 2 is 2.12 bits per heavy atom. The summed E-state index contributed by atoms with van der Waals surface area (Å²) in [5.41, 5.74) is 7.50. The van der Waals surface area contributed by atoms with E-state index in [1.54, 1.807) is 10.9 Å². The van der Waals surface area contributed by atoms with Crippen LogP contribution in [0.4, 0.5) is 0 Å². The molecule has 0 aliphatic rings. The van der Waals surface area contributed by atoms with Gasteiger partial charge in [0.2, 0.25) is 0 Å². The molecule has 0 radical (unpaired) electrons. The number of halogens is 1. The van der Waals surface area contributed by atoms with Crippen LogP contribution in [0.2, 0.25) is 5.02 Å². The number of benzene rings is 1. The molecular formula is C12H14ClN3. The van der Waals surface area contributed by atoms with Crippen molar-refractivity contribution in [3.05, 3.63) is 47.2 Å². The Morgan fingerprint density at radius 1 is 1.38 bits per heavy atom. The molecular weight excluding hydrogens is 222 g/mol. The molecule has 2 aromatic rings. The molecule has 0 saturated heterocycles. The van der Waals surface area contributed by atoms with E-state index in [2.05, 4.69) is 5.10 Å². The zero-order chi connectivity index (χ0) is 11.8. The summed E-state index contributed by atoms with van der Waals surface area (Å²) in [4.78, 5) is 0. The molecule has 0 aliphatic carbocycles. The molecule has 2 N–H and O–H groups in total. The Kier molecular flexibility index (Phi) is 2.74. The van der Waals surface area contributed by atoms with Crippen LogP contribution in [0.1, 0.15) is 19.4 Å². The van der Waals surface area contributed by atoms with E-state index in [1.165, 1.54) is 0 Å². The SMILES string of the molecule is CC(C)(N)c1ccc(-n2cccn2)c(Cl)c1. The minimum Gasteiger partial charge on any atom is -0.322 e. The molecule has 84 valence electrons. The van der Waals surface area contributed by atoms with Crippen LogP contribution >= 0.6 is 11.6 Å². The predicted molar refractivity (Wildman–Crippen MR) is 65.8 cm³/mol. The second-order valence-corrected chi connectivity index (χ2v) is 4.75. The molecule has 0 amide bonds. The van der Waals surface area contributed by atoms with Gasteiger partial charge in [0.15, 0.2) is 0 Å². The smallest absolute Gasteiger partial charge is 0.0831 e. The van der Waals surface area contributed by atoms with Crippen LogP contribution in [-0.4, -0.2) is 9.78 Å². The molecule has 16 heavy (non-hydrogen) atoms. The molecule has 1 aromatic heterocycles. The summed E-state index contributed by atoms with van der Waals surface area (Å²) in [6, 6.07) is 7.65. The molecule has 0 saturated carbocycles. The lowest BCUT2D eigenvalue weighted by molar-refractivity contribution is 0.554. The van der Waals surface area contributed by atoms with Gasteiger partial charge in [0.05, 0.1) is 10.7 Å². The lowest BCUT2D eigenvalue weighted by Crippen LogP contribution is -2.28. The van der Waals surface area contributed by atoms with E-state index >= 15 is 0 Å². The van der Waals surface area contributed by atoms with Gasteiger partial charge in [0.1, 0.15) is 0 Å². The van der Waals surface area contributed by atoms with Crippen LogP contribution in [0.15, 0.2) is 36.7 Å². The van der Waals surface area contributed by atoms with E-state index in [-0.39, 0.29) is 5.54 Å². The van der Waals surface area contributed by atoms with E-state index in [4.69, 9.17) is 17.3 Å². The largest absolute Gasteiger partial charge is 0.322 e. The van der Waals surface area contributed by atoms with Gasteiger partial charge < -0.3 is 5.73 Å². The molecule has 0 spiro atoms. The number of hydrogen-bond donors (Lipinski definition) is 1. The van der Waals surface area contributed by atoms with Gasteiger partial charge in [-0.2, -0.15) is 5.10 Å². The van der Waals surface area contributed by atoms with Crippen molar-refractivity contribution in [3.63, 3.8) is 0 Å². The van der Waals surface area contributed by atoms with E-state index in [0.29, 0.717) is 5.02 Å². The van der Waals surface area contributed by atoms with E-state index < -0.39 is 0 Å². The Hall–Kier alpha value is -1.32. The zero-order valence-electron chi connectivity index (χ0n) is 9.31. The average Bonchev–Trinajstić information content (AvgIpc) is 2.69. The van der Waals surface area contributed by atoms with Crippen LogP contribution < -0.4 is 5.73 Å². The first-order chi connectivity index (χ1) is 7.48. The van der Waals surface area contributed by atoms with E-state index in [9.17, 15) is 0 Å². The van der Waals surface area contributed by atoms with Gasteiger partial charge in [-0.25, -0.2) is 4.68 Å². The number of hydrogen-bond acceptors (Lipinski definition) is 2. The maximum absolute atomic E-state index is 6.21. The number of aromatic nitrogens is 2. The fourth-order valence-corrected chi connectivity index (χ4v) is 1.77. The van der Waals surface area contributed by atoms with Gasteiger partial charge in [0.25, 0.3) is 0 Å². The van der Waals surface area contributed by atoms with Crippen LogP contribution in [0.25, 0.3) is 5.69 Å². The summed E-state index contributed by atoms with van der Waals surface area (Å²) in [5, 5.41) is 4.79. The normalized spacial score (nSPS) is 11.8. The van der Waals surface area contributed by atoms with Crippen LogP contribution in [-0.2, 0) is 5.54 Å². The first-order valence-corrected chi connectivity index (χ1v) is 5.45. The maximum atomic E-state index is 6.21. The molecule has 0 unspecified atom stereocenters. The highest BCUT2D eigenvalue weighted by atomic mass is 35.5. The molecule has 4 heteroatoms. The Morgan fingerprint density at radius 3 is 2.62 bits per heavy atom. The summed E-state index contributed by atoms with van der Waals surface area (Å²) in [7, 11) is 0. The van der Waals surface area contributed by atoms with Crippen molar-refractivity contribution in [2.24, 2.45) is 5.73 Å². The van der Waals surface area contributed by atoms with Gasteiger partial charge in [-0.3, -0.25) is 0 Å². The molecule has 0 fully saturated rings. The number of nitrogens with two attached hydrogens (primary N) is 1. The molecule has 1 heterocycles. The summed E-state index contributed by atoms with van der Waals surface area (Å²) >= 11 is 6.21. The van der Waals surface area contributed by atoms with Crippen molar-refractivity contribution in [1.29, 1.82) is 0 Å². The van der Waals surface area contributed by atoms with Crippen LogP contribution in [0, 0.1) is 0 Å². The average molecular weight is 236 g/mol. The maximum Gasteiger partial charge on any atom is 0.0831 e. The standard InChI is InChI=1S/C12H14ClN3/c1-12(2,14)9-4-5-11(10(13)8-9)16-7-3-6-15-16/h3-8H,14H2,1-2H3. The van der Waals surface area contributed by atoms with Crippen molar-refractivity contribution in [2.45, 2.75) is 19.4 Å². The topological polar surface area (TPSA) is 43.8 Å². The Labute approximate surface area is 99.8 Å². The number of nitrogens with zero attached hydrogens (tertiary/aromatic N) is 2.